The van der Waals surface area contributed by atoms with Crippen LogP contribution in [-0.4, -0.2) is 34.5 Å². The van der Waals surface area contributed by atoms with E-state index in [1.165, 1.54) is 0 Å². The fraction of sp³-hybridized carbons (Fsp3) is 0.571. The van der Waals surface area contributed by atoms with Crippen LogP contribution in [0, 0.1) is 0 Å². The van der Waals surface area contributed by atoms with Crippen LogP contribution in [0.2, 0.25) is 0 Å². The van der Waals surface area contributed by atoms with E-state index in [0.717, 1.165) is 22.2 Å². The Morgan fingerprint density at radius 3 is 2.55 bits per heavy atom. The Kier molecular flexibility index (Phi) is 4.29. The van der Waals surface area contributed by atoms with Crippen molar-refractivity contribution >= 4 is 26.7 Å². The lowest BCUT2D eigenvalue weighted by atomic mass is 9.90. The molecule has 0 bridgehead atoms. The molecule has 1 aromatic rings. The van der Waals surface area contributed by atoms with Gasteiger partial charge in [-0.25, -0.2) is 0 Å². The van der Waals surface area contributed by atoms with Crippen molar-refractivity contribution in [1.29, 1.82) is 0 Å². The first kappa shape index (κ1) is 14.7. The number of nitrogens with two attached hydrogens (primary N) is 1. The molecule has 1 aromatic carbocycles. The van der Waals surface area contributed by atoms with Crippen LogP contribution < -0.4 is 5.73 Å². The van der Waals surface area contributed by atoms with Gasteiger partial charge < -0.3 is 15.2 Å². The van der Waals surface area contributed by atoms with Crippen molar-refractivity contribution in [2.45, 2.75) is 41.2 Å². The molecule has 6 heteroatoms. The van der Waals surface area contributed by atoms with Gasteiger partial charge in [-0.15, -0.1) is 0 Å². The van der Waals surface area contributed by atoms with Gasteiger partial charge in [-0.05, 0) is 30.7 Å². The van der Waals surface area contributed by atoms with Crippen molar-refractivity contribution in [2.75, 3.05) is 13.2 Å². The van der Waals surface area contributed by atoms with Crippen LogP contribution in [0.25, 0.3) is 0 Å². The van der Waals surface area contributed by atoms with E-state index in [1.54, 1.807) is 0 Å². The highest BCUT2D eigenvalue weighted by molar-refractivity contribution is 9.10. The molecule has 3 unspecified atom stereocenters. The molecular formula is C14H18BrNO3S. The van der Waals surface area contributed by atoms with E-state index >= 15 is 0 Å². The van der Waals surface area contributed by atoms with Crippen LogP contribution in [0.1, 0.15) is 19.3 Å². The summed E-state index contributed by atoms with van der Waals surface area (Å²) in [6.45, 7) is 1.24. The highest BCUT2D eigenvalue weighted by Crippen LogP contribution is 2.38. The van der Waals surface area contributed by atoms with E-state index in [2.05, 4.69) is 15.9 Å². The van der Waals surface area contributed by atoms with Crippen LogP contribution in [0.3, 0.4) is 0 Å². The minimum atomic E-state index is -1.14. The molecule has 1 aliphatic heterocycles. The first-order valence-corrected chi connectivity index (χ1v) is 8.80. The zero-order valence-electron chi connectivity index (χ0n) is 11.1. The number of benzene rings is 1. The van der Waals surface area contributed by atoms with Gasteiger partial charge in [0.15, 0.2) is 5.79 Å². The first-order valence-electron chi connectivity index (χ1n) is 6.79. The van der Waals surface area contributed by atoms with Crippen LogP contribution in [0.5, 0.6) is 0 Å². The second-order valence-electron chi connectivity index (χ2n) is 5.30. The molecule has 1 spiro atoms. The fourth-order valence-corrected chi connectivity index (χ4v) is 4.75. The number of ether oxygens (including phenoxy) is 2. The van der Waals surface area contributed by atoms with E-state index < -0.39 is 16.6 Å². The van der Waals surface area contributed by atoms with Crippen molar-refractivity contribution in [3.8, 4) is 0 Å². The molecule has 3 atom stereocenters. The smallest absolute Gasteiger partial charge is 0.169 e. The predicted molar refractivity (Wildman–Crippen MR) is 80.8 cm³/mol. The third-order valence-corrected chi connectivity index (χ3v) is 6.31. The van der Waals surface area contributed by atoms with Gasteiger partial charge in [0.05, 0.1) is 29.3 Å². The molecule has 0 aromatic heterocycles. The van der Waals surface area contributed by atoms with E-state index in [9.17, 15) is 4.21 Å². The Hall–Kier alpha value is -0.270. The van der Waals surface area contributed by atoms with Crippen molar-refractivity contribution in [3.63, 3.8) is 0 Å². The average Bonchev–Trinajstić information content (AvgIpc) is 2.90. The third-order valence-electron chi connectivity index (χ3n) is 3.98. The second-order valence-corrected chi connectivity index (χ2v) is 7.89. The SMILES string of the molecule is NC1CCC2(CC1S(=O)c1ccc(Br)cc1)OCCO2. The van der Waals surface area contributed by atoms with E-state index in [-0.39, 0.29) is 11.3 Å². The van der Waals surface area contributed by atoms with Crippen molar-refractivity contribution in [3.05, 3.63) is 28.7 Å². The van der Waals surface area contributed by atoms with Crippen LogP contribution in [0.15, 0.2) is 33.6 Å². The van der Waals surface area contributed by atoms with E-state index in [0.29, 0.717) is 19.6 Å². The monoisotopic (exact) mass is 359 g/mol. The maximum atomic E-state index is 12.8. The van der Waals surface area contributed by atoms with Gasteiger partial charge in [0.1, 0.15) is 0 Å². The molecule has 4 nitrogen and oxygen atoms in total. The summed E-state index contributed by atoms with van der Waals surface area (Å²) in [5.74, 6) is -0.550. The normalized spacial score (nSPS) is 30.5. The highest BCUT2D eigenvalue weighted by atomic mass is 79.9. The van der Waals surface area contributed by atoms with Gasteiger partial charge in [0.25, 0.3) is 0 Å². The van der Waals surface area contributed by atoms with E-state index in [4.69, 9.17) is 15.2 Å². The fourth-order valence-electron chi connectivity index (χ4n) is 2.87. The van der Waals surface area contributed by atoms with Crippen molar-refractivity contribution in [2.24, 2.45) is 5.73 Å². The number of hydrogen-bond donors (Lipinski definition) is 1. The number of rotatable bonds is 2. The second kappa shape index (κ2) is 5.85. The van der Waals surface area contributed by atoms with Gasteiger partial charge >= 0.3 is 0 Å². The Morgan fingerprint density at radius 1 is 1.25 bits per heavy atom. The molecule has 1 aliphatic carbocycles. The summed E-state index contributed by atoms with van der Waals surface area (Å²) in [5, 5.41) is -0.122. The predicted octanol–water partition coefficient (Wildman–Crippen LogP) is 2.18. The highest BCUT2D eigenvalue weighted by Gasteiger charge is 2.46. The Labute approximate surface area is 129 Å². The Bertz CT molecular complexity index is 502. The lowest BCUT2D eigenvalue weighted by molar-refractivity contribution is -0.177. The van der Waals surface area contributed by atoms with Crippen LogP contribution in [-0.2, 0) is 20.3 Å². The molecule has 2 fully saturated rings. The minimum Gasteiger partial charge on any atom is -0.347 e. The summed E-state index contributed by atoms with van der Waals surface area (Å²) >= 11 is 3.39. The van der Waals surface area contributed by atoms with Crippen molar-refractivity contribution in [1.82, 2.24) is 0 Å². The van der Waals surface area contributed by atoms with Crippen LogP contribution >= 0.6 is 15.9 Å². The standard InChI is InChI=1S/C14H18BrNO3S/c15-10-1-3-11(4-2-10)20(17)13-9-14(6-5-12(13)16)18-7-8-19-14/h1-4,12-13H,5-9,16H2. The summed E-state index contributed by atoms with van der Waals surface area (Å²) in [7, 11) is -1.14. The van der Waals surface area contributed by atoms with Gasteiger partial charge in [-0.2, -0.15) is 0 Å². The zero-order chi connectivity index (χ0) is 14.2. The average molecular weight is 360 g/mol. The molecule has 2 aliphatic rings. The van der Waals surface area contributed by atoms with Gasteiger partial charge in [0, 0.05) is 28.3 Å². The molecule has 110 valence electrons. The van der Waals surface area contributed by atoms with Gasteiger partial charge in [0.2, 0.25) is 0 Å². The molecule has 0 radical (unpaired) electrons. The summed E-state index contributed by atoms with van der Waals surface area (Å²) < 4.78 is 25.2. The maximum Gasteiger partial charge on any atom is 0.169 e. The molecule has 20 heavy (non-hydrogen) atoms. The lowest BCUT2D eigenvalue weighted by Crippen LogP contribution is -2.50. The molecule has 1 saturated carbocycles. The summed E-state index contributed by atoms with van der Waals surface area (Å²) in [6, 6.07) is 7.49. The third kappa shape index (κ3) is 2.85. The zero-order valence-corrected chi connectivity index (χ0v) is 13.5. The topological polar surface area (TPSA) is 61.6 Å². The first-order chi connectivity index (χ1) is 9.60. The van der Waals surface area contributed by atoms with Gasteiger partial charge in [-0.3, -0.25) is 4.21 Å². The van der Waals surface area contributed by atoms with E-state index in [1.807, 2.05) is 24.3 Å². The molecule has 1 saturated heterocycles. The maximum absolute atomic E-state index is 12.8. The lowest BCUT2D eigenvalue weighted by Gasteiger charge is -2.39. The van der Waals surface area contributed by atoms with Crippen molar-refractivity contribution < 1.29 is 13.7 Å². The molecule has 2 N–H and O–H groups in total. The minimum absolute atomic E-state index is 0.0714. The Balaban J connectivity index is 1.80. The molecule has 3 rings (SSSR count). The summed E-state index contributed by atoms with van der Waals surface area (Å²) in [6.07, 6.45) is 2.19. The van der Waals surface area contributed by atoms with Crippen LogP contribution in [0.4, 0.5) is 0 Å². The molecule has 0 amide bonds. The number of hydrogen-bond acceptors (Lipinski definition) is 4. The molecular weight excluding hydrogens is 342 g/mol. The summed E-state index contributed by atoms with van der Waals surface area (Å²) in [4.78, 5) is 0.809. The Morgan fingerprint density at radius 2 is 1.90 bits per heavy atom. The largest absolute Gasteiger partial charge is 0.347 e. The number of halogens is 1. The summed E-state index contributed by atoms with van der Waals surface area (Å²) in [5.41, 5.74) is 6.18. The molecule has 1 heterocycles. The quantitative estimate of drug-likeness (QED) is 0.878. The van der Waals surface area contributed by atoms with Gasteiger partial charge in [-0.1, -0.05) is 15.9 Å².